The van der Waals surface area contributed by atoms with Gasteiger partial charge in [0.05, 0.1) is 22.7 Å². The number of carbonyl (C=O) groups excluding carboxylic acids is 1. The first-order chi connectivity index (χ1) is 13.1. The Kier molecular flexibility index (Phi) is 6.28. The molecule has 0 aliphatic carbocycles. The minimum Gasteiger partial charge on any atom is -0.465 e. The van der Waals surface area contributed by atoms with Crippen molar-refractivity contribution in [1.82, 2.24) is 4.98 Å². The summed E-state index contributed by atoms with van der Waals surface area (Å²) in [5.74, 6) is -0.309. The molecule has 0 fully saturated rings. The van der Waals surface area contributed by atoms with Crippen LogP contribution in [0.4, 0.5) is 0 Å². The standard InChI is InChI=1S/C21H18N2O2S2/c1-3-25-21(24)14(2)27-20-17(13-22)16(15-8-5-4-6-9-15)12-18(23-20)19-10-7-11-26-19/h4-12,14H,3H2,1-2H3. The van der Waals surface area contributed by atoms with Gasteiger partial charge in [0.25, 0.3) is 0 Å². The van der Waals surface area contributed by atoms with E-state index in [2.05, 4.69) is 6.07 Å². The van der Waals surface area contributed by atoms with E-state index in [1.165, 1.54) is 11.8 Å². The first-order valence-corrected chi connectivity index (χ1v) is 10.3. The number of hydrogen-bond acceptors (Lipinski definition) is 6. The number of esters is 1. The van der Waals surface area contributed by atoms with E-state index in [0.29, 0.717) is 17.2 Å². The molecular weight excluding hydrogens is 376 g/mol. The summed E-state index contributed by atoms with van der Waals surface area (Å²) in [7, 11) is 0. The van der Waals surface area contributed by atoms with Crippen molar-refractivity contribution < 1.29 is 9.53 Å². The fraction of sp³-hybridized carbons (Fsp3) is 0.190. The highest BCUT2D eigenvalue weighted by Crippen LogP contribution is 2.36. The van der Waals surface area contributed by atoms with Gasteiger partial charge in [-0.25, -0.2) is 4.98 Å². The van der Waals surface area contributed by atoms with Crippen LogP contribution in [0.25, 0.3) is 21.7 Å². The Hall–Kier alpha value is -2.62. The molecule has 1 atom stereocenters. The monoisotopic (exact) mass is 394 g/mol. The van der Waals surface area contributed by atoms with Crippen molar-refractivity contribution >= 4 is 29.1 Å². The van der Waals surface area contributed by atoms with Crippen LogP contribution in [0, 0.1) is 11.3 Å². The van der Waals surface area contributed by atoms with Crippen molar-refractivity contribution in [1.29, 1.82) is 5.26 Å². The van der Waals surface area contributed by atoms with Crippen LogP contribution in [0.1, 0.15) is 19.4 Å². The van der Waals surface area contributed by atoms with Crippen molar-refractivity contribution in [2.45, 2.75) is 24.1 Å². The van der Waals surface area contributed by atoms with Crippen LogP contribution in [0.3, 0.4) is 0 Å². The van der Waals surface area contributed by atoms with Gasteiger partial charge in [-0.2, -0.15) is 5.26 Å². The maximum atomic E-state index is 12.1. The highest BCUT2D eigenvalue weighted by Gasteiger charge is 2.22. The van der Waals surface area contributed by atoms with Gasteiger partial charge in [-0.15, -0.1) is 11.3 Å². The number of benzene rings is 1. The van der Waals surface area contributed by atoms with Crippen LogP contribution in [0.2, 0.25) is 0 Å². The minimum atomic E-state index is -0.452. The van der Waals surface area contributed by atoms with Crippen LogP contribution < -0.4 is 0 Å². The van der Waals surface area contributed by atoms with Crippen molar-refractivity contribution in [3.05, 3.63) is 59.5 Å². The fourth-order valence-electron chi connectivity index (χ4n) is 2.59. The lowest BCUT2D eigenvalue weighted by Gasteiger charge is -2.14. The zero-order valence-corrected chi connectivity index (χ0v) is 16.6. The third-order valence-corrected chi connectivity index (χ3v) is 5.82. The second kappa shape index (κ2) is 8.85. The second-order valence-corrected chi connectivity index (χ2v) is 7.98. The molecule has 0 radical (unpaired) electrons. The summed E-state index contributed by atoms with van der Waals surface area (Å²) in [4.78, 5) is 17.8. The molecule has 4 nitrogen and oxygen atoms in total. The van der Waals surface area contributed by atoms with Crippen LogP contribution in [-0.2, 0) is 9.53 Å². The second-order valence-electron chi connectivity index (χ2n) is 5.70. The summed E-state index contributed by atoms with van der Waals surface area (Å²) in [5.41, 5.74) is 3.03. The molecule has 136 valence electrons. The van der Waals surface area contributed by atoms with E-state index in [4.69, 9.17) is 9.72 Å². The molecule has 0 saturated heterocycles. The molecule has 0 N–H and O–H groups in total. The van der Waals surface area contributed by atoms with Crippen molar-refractivity contribution in [2.75, 3.05) is 6.61 Å². The van der Waals surface area contributed by atoms with Crippen molar-refractivity contribution in [2.24, 2.45) is 0 Å². The molecule has 0 amide bonds. The Morgan fingerprint density at radius 2 is 2.07 bits per heavy atom. The Morgan fingerprint density at radius 1 is 1.30 bits per heavy atom. The van der Waals surface area contributed by atoms with Gasteiger partial charge in [-0.3, -0.25) is 4.79 Å². The van der Waals surface area contributed by atoms with E-state index in [-0.39, 0.29) is 5.97 Å². The average Bonchev–Trinajstić information content (AvgIpc) is 3.23. The molecule has 0 saturated carbocycles. The van der Waals surface area contributed by atoms with Gasteiger partial charge in [0.2, 0.25) is 0 Å². The zero-order valence-electron chi connectivity index (χ0n) is 15.0. The first kappa shape index (κ1) is 19.2. The number of aromatic nitrogens is 1. The van der Waals surface area contributed by atoms with E-state index in [1.807, 2.05) is 53.9 Å². The summed E-state index contributed by atoms with van der Waals surface area (Å²) in [6.45, 7) is 3.87. The van der Waals surface area contributed by atoms with E-state index in [9.17, 15) is 10.1 Å². The first-order valence-electron chi connectivity index (χ1n) is 8.51. The van der Waals surface area contributed by atoms with Gasteiger partial charge < -0.3 is 4.74 Å². The van der Waals surface area contributed by atoms with Crippen molar-refractivity contribution in [3.8, 4) is 27.8 Å². The number of carbonyl (C=O) groups is 1. The molecule has 6 heteroatoms. The molecule has 0 bridgehead atoms. The maximum Gasteiger partial charge on any atom is 0.319 e. The summed E-state index contributed by atoms with van der Waals surface area (Å²) in [5, 5.41) is 11.9. The molecule has 1 aromatic carbocycles. The maximum absolute atomic E-state index is 12.1. The summed E-state index contributed by atoms with van der Waals surface area (Å²) < 4.78 is 5.10. The highest BCUT2D eigenvalue weighted by molar-refractivity contribution is 8.00. The lowest BCUT2D eigenvalue weighted by atomic mass is 10.0. The smallest absolute Gasteiger partial charge is 0.319 e. The Balaban J connectivity index is 2.12. The number of rotatable bonds is 6. The third kappa shape index (κ3) is 4.38. The molecule has 0 aliphatic rings. The largest absolute Gasteiger partial charge is 0.465 e. The molecule has 2 aromatic heterocycles. The van der Waals surface area contributed by atoms with Crippen LogP contribution in [-0.4, -0.2) is 22.8 Å². The lowest BCUT2D eigenvalue weighted by molar-refractivity contribution is -0.142. The van der Waals surface area contributed by atoms with Gasteiger partial charge >= 0.3 is 5.97 Å². The molecule has 3 rings (SSSR count). The van der Waals surface area contributed by atoms with E-state index in [1.54, 1.807) is 25.2 Å². The summed E-state index contributed by atoms with van der Waals surface area (Å²) in [6.07, 6.45) is 0. The van der Waals surface area contributed by atoms with E-state index >= 15 is 0 Å². The van der Waals surface area contributed by atoms with Gasteiger partial charge in [-0.05, 0) is 36.9 Å². The number of nitrogens with zero attached hydrogens (tertiary/aromatic N) is 2. The summed E-state index contributed by atoms with van der Waals surface area (Å²) >= 11 is 2.85. The van der Waals surface area contributed by atoms with Crippen LogP contribution in [0.15, 0.2) is 58.9 Å². The Bertz CT molecular complexity index is 964. The molecule has 1 unspecified atom stereocenters. The average molecular weight is 395 g/mol. The number of pyridine rings is 1. The predicted octanol–water partition coefficient (Wildman–Crippen LogP) is 5.39. The topological polar surface area (TPSA) is 63.0 Å². The Labute approximate surface area is 166 Å². The number of thioether (sulfide) groups is 1. The number of thiophene rings is 1. The summed E-state index contributed by atoms with van der Waals surface area (Å²) in [6, 6.07) is 17.9. The SMILES string of the molecule is CCOC(=O)C(C)Sc1nc(-c2cccs2)cc(-c2ccccc2)c1C#N. The van der Waals surface area contributed by atoms with Crippen LogP contribution in [0.5, 0.6) is 0 Å². The van der Waals surface area contributed by atoms with E-state index in [0.717, 1.165) is 21.7 Å². The minimum absolute atomic E-state index is 0.309. The van der Waals surface area contributed by atoms with Crippen molar-refractivity contribution in [3.63, 3.8) is 0 Å². The molecular formula is C21H18N2O2S2. The molecule has 2 heterocycles. The normalized spacial score (nSPS) is 11.6. The molecule has 0 spiro atoms. The highest BCUT2D eigenvalue weighted by atomic mass is 32.2. The number of nitriles is 1. The molecule has 0 aliphatic heterocycles. The molecule has 3 aromatic rings. The Morgan fingerprint density at radius 3 is 2.70 bits per heavy atom. The van der Waals surface area contributed by atoms with Gasteiger partial charge in [0.1, 0.15) is 16.3 Å². The number of hydrogen-bond donors (Lipinski definition) is 0. The zero-order chi connectivity index (χ0) is 19.2. The van der Waals surface area contributed by atoms with Gasteiger partial charge in [0.15, 0.2) is 0 Å². The predicted molar refractivity (Wildman–Crippen MR) is 110 cm³/mol. The van der Waals surface area contributed by atoms with E-state index < -0.39 is 5.25 Å². The van der Waals surface area contributed by atoms with Crippen LogP contribution >= 0.6 is 23.1 Å². The third-order valence-electron chi connectivity index (χ3n) is 3.86. The lowest BCUT2D eigenvalue weighted by Crippen LogP contribution is -2.17. The van der Waals surface area contributed by atoms with Gasteiger partial charge in [0, 0.05) is 5.56 Å². The number of ether oxygens (including phenoxy) is 1. The van der Waals surface area contributed by atoms with Gasteiger partial charge in [-0.1, -0.05) is 48.2 Å². The fourth-order valence-corrected chi connectivity index (χ4v) is 4.20. The molecule has 27 heavy (non-hydrogen) atoms. The quantitative estimate of drug-likeness (QED) is 0.414.